The fourth-order valence-electron chi connectivity index (χ4n) is 3.99. The minimum Gasteiger partial charge on any atom is -0.338 e. The van der Waals surface area contributed by atoms with E-state index in [4.69, 9.17) is 4.52 Å². The van der Waals surface area contributed by atoms with Gasteiger partial charge in [-0.05, 0) is 37.6 Å². The van der Waals surface area contributed by atoms with Crippen LogP contribution in [-0.2, 0) is 0 Å². The number of nitrogens with zero attached hydrogens (tertiary/aromatic N) is 3. The van der Waals surface area contributed by atoms with Crippen LogP contribution in [0.4, 0.5) is 19.1 Å². The van der Waals surface area contributed by atoms with Crippen LogP contribution >= 0.6 is 11.3 Å². The van der Waals surface area contributed by atoms with Crippen molar-refractivity contribution in [2.24, 2.45) is 0 Å². The van der Waals surface area contributed by atoms with Crippen LogP contribution in [0.25, 0.3) is 0 Å². The normalized spacial score (nSPS) is 24.8. The lowest BCUT2D eigenvalue weighted by molar-refractivity contribution is -0.147. The van der Waals surface area contributed by atoms with Gasteiger partial charge in [0.2, 0.25) is 5.88 Å². The molecule has 4 rings (SSSR count). The quantitative estimate of drug-likeness (QED) is 0.762. The summed E-state index contributed by atoms with van der Waals surface area (Å²) >= 11 is 1.76. The molecule has 0 radical (unpaired) electrons. The van der Waals surface area contributed by atoms with E-state index in [0.717, 1.165) is 18.0 Å². The number of aryl methyl sites for hydroxylation is 1. The molecule has 2 aromatic rings. The van der Waals surface area contributed by atoms with Gasteiger partial charge in [-0.15, -0.1) is 11.3 Å². The Morgan fingerprint density at radius 2 is 2.12 bits per heavy atom. The van der Waals surface area contributed by atoms with Crippen molar-refractivity contribution in [3.63, 3.8) is 0 Å². The summed E-state index contributed by atoms with van der Waals surface area (Å²) in [5.74, 6) is 1.23. The van der Waals surface area contributed by atoms with Crippen molar-refractivity contribution >= 4 is 17.2 Å². The molecule has 1 saturated heterocycles. The molecule has 3 heterocycles. The van der Waals surface area contributed by atoms with E-state index in [2.05, 4.69) is 27.6 Å². The summed E-state index contributed by atoms with van der Waals surface area (Å²) in [6, 6.07) is 6.70. The molecule has 2 unspecified atom stereocenters. The second kappa shape index (κ2) is 6.88. The predicted octanol–water partition coefficient (Wildman–Crippen LogP) is 4.43. The molecule has 26 heavy (non-hydrogen) atoms. The van der Waals surface area contributed by atoms with Gasteiger partial charge in [0.1, 0.15) is 0 Å². The molecule has 2 fully saturated rings. The number of hydrogen-bond donors (Lipinski definition) is 0. The lowest BCUT2D eigenvalue weighted by Crippen LogP contribution is -2.48. The van der Waals surface area contributed by atoms with Gasteiger partial charge >= 0.3 is 6.18 Å². The highest BCUT2D eigenvalue weighted by Crippen LogP contribution is 2.49. The van der Waals surface area contributed by atoms with Crippen molar-refractivity contribution < 1.29 is 17.7 Å². The molecular formula is C18H22F3N3OS. The first kappa shape index (κ1) is 17.9. The van der Waals surface area contributed by atoms with Crippen LogP contribution in [0.3, 0.4) is 0 Å². The highest BCUT2D eigenvalue weighted by molar-refractivity contribution is 7.10. The molecule has 2 aromatic heterocycles. The highest BCUT2D eigenvalue weighted by atomic mass is 32.1. The van der Waals surface area contributed by atoms with E-state index in [1.165, 1.54) is 9.78 Å². The van der Waals surface area contributed by atoms with E-state index in [-0.39, 0.29) is 6.04 Å². The maximum absolute atomic E-state index is 12.6. The summed E-state index contributed by atoms with van der Waals surface area (Å²) in [6.07, 6.45) is -1.65. The first-order valence-electron chi connectivity index (χ1n) is 8.95. The van der Waals surface area contributed by atoms with Gasteiger partial charge in [-0.1, -0.05) is 11.2 Å². The average Bonchev–Trinajstić information content (AvgIpc) is 2.96. The van der Waals surface area contributed by atoms with Gasteiger partial charge in [-0.3, -0.25) is 4.90 Å². The van der Waals surface area contributed by atoms with Crippen molar-refractivity contribution in [3.05, 3.63) is 34.2 Å². The van der Waals surface area contributed by atoms with E-state index in [0.29, 0.717) is 37.9 Å². The molecular weight excluding hydrogens is 363 g/mol. The lowest BCUT2D eigenvalue weighted by Gasteiger charge is -2.38. The van der Waals surface area contributed by atoms with Gasteiger partial charge in [-0.2, -0.15) is 13.2 Å². The fourth-order valence-corrected chi connectivity index (χ4v) is 4.89. The molecule has 0 bridgehead atoms. The third-order valence-electron chi connectivity index (χ3n) is 5.25. The van der Waals surface area contributed by atoms with Crippen LogP contribution in [0.5, 0.6) is 0 Å². The Labute approximate surface area is 154 Å². The first-order chi connectivity index (χ1) is 12.4. The third-order valence-corrected chi connectivity index (χ3v) is 6.25. The molecule has 2 aliphatic rings. The van der Waals surface area contributed by atoms with E-state index < -0.39 is 12.7 Å². The smallest absolute Gasteiger partial charge is 0.338 e. The molecule has 142 valence electrons. The number of rotatable bonds is 5. The van der Waals surface area contributed by atoms with Crippen molar-refractivity contribution in [1.29, 1.82) is 0 Å². The van der Waals surface area contributed by atoms with Crippen LogP contribution in [0, 0.1) is 6.92 Å². The van der Waals surface area contributed by atoms with Crippen molar-refractivity contribution in [1.82, 2.24) is 10.1 Å². The molecule has 4 nitrogen and oxygen atoms in total. The number of alkyl halides is 3. The molecule has 1 saturated carbocycles. The zero-order valence-electron chi connectivity index (χ0n) is 14.6. The van der Waals surface area contributed by atoms with Crippen LogP contribution in [0.1, 0.15) is 35.8 Å². The SMILES string of the molecule is Cc1cc(N(C2CCN(CC(F)(F)F)CC2)C2CC2c2cccs2)on1. The van der Waals surface area contributed by atoms with Crippen LogP contribution in [-0.4, -0.2) is 48.0 Å². The van der Waals surface area contributed by atoms with E-state index in [1.807, 2.05) is 13.0 Å². The van der Waals surface area contributed by atoms with E-state index >= 15 is 0 Å². The summed E-state index contributed by atoms with van der Waals surface area (Å²) in [6.45, 7) is 2.00. The van der Waals surface area contributed by atoms with Gasteiger partial charge in [-0.25, -0.2) is 0 Å². The Hall–Kier alpha value is -1.54. The maximum atomic E-state index is 12.6. The molecule has 0 aromatic carbocycles. The average molecular weight is 385 g/mol. The first-order valence-corrected chi connectivity index (χ1v) is 9.83. The van der Waals surface area contributed by atoms with Gasteiger partial charge in [0.25, 0.3) is 0 Å². The van der Waals surface area contributed by atoms with E-state index in [1.54, 1.807) is 11.3 Å². The zero-order chi connectivity index (χ0) is 18.3. The summed E-state index contributed by atoms with van der Waals surface area (Å²) in [5, 5.41) is 6.11. The predicted molar refractivity (Wildman–Crippen MR) is 94.7 cm³/mol. The number of hydrogen-bond acceptors (Lipinski definition) is 5. The Morgan fingerprint density at radius 1 is 1.35 bits per heavy atom. The molecule has 1 aliphatic heterocycles. The lowest BCUT2D eigenvalue weighted by atomic mass is 10.0. The Bertz CT molecular complexity index is 722. The number of anilines is 1. The number of thiophene rings is 1. The Balaban J connectivity index is 1.47. The number of piperidine rings is 1. The maximum Gasteiger partial charge on any atom is 0.401 e. The van der Waals surface area contributed by atoms with Gasteiger partial charge < -0.3 is 9.42 Å². The number of aromatic nitrogens is 1. The van der Waals surface area contributed by atoms with Crippen LogP contribution in [0.2, 0.25) is 0 Å². The minimum atomic E-state index is -4.13. The molecule has 0 N–H and O–H groups in total. The topological polar surface area (TPSA) is 32.5 Å². The minimum absolute atomic E-state index is 0.196. The van der Waals surface area contributed by atoms with Crippen LogP contribution < -0.4 is 4.90 Å². The van der Waals surface area contributed by atoms with Gasteiger partial charge in [0.05, 0.1) is 12.2 Å². The summed E-state index contributed by atoms with van der Waals surface area (Å²) in [4.78, 5) is 5.16. The summed E-state index contributed by atoms with van der Waals surface area (Å²) in [7, 11) is 0. The molecule has 8 heteroatoms. The largest absolute Gasteiger partial charge is 0.401 e. The monoisotopic (exact) mass is 385 g/mol. The Kier molecular flexibility index (Phi) is 4.73. The number of likely N-dealkylation sites (tertiary alicyclic amines) is 1. The third kappa shape index (κ3) is 3.91. The molecule has 0 spiro atoms. The van der Waals surface area contributed by atoms with Crippen molar-refractivity contribution in [2.75, 3.05) is 24.5 Å². The summed E-state index contributed by atoms with van der Waals surface area (Å²) < 4.78 is 43.4. The van der Waals surface area contributed by atoms with Gasteiger partial charge in [0, 0.05) is 42.0 Å². The molecule has 2 atom stereocenters. The number of halogens is 3. The molecule has 0 amide bonds. The Morgan fingerprint density at radius 3 is 2.69 bits per heavy atom. The molecule has 1 aliphatic carbocycles. The standard InChI is InChI=1S/C18H22F3N3OS/c1-12-9-17(25-22-12)24(15-10-14(15)16-3-2-8-26-16)13-4-6-23(7-5-13)11-18(19,20)21/h2-3,8-9,13-15H,4-7,10-11H2,1H3. The van der Waals surface area contributed by atoms with Gasteiger partial charge in [0.15, 0.2) is 0 Å². The second-order valence-corrected chi connectivity index (χ2v) is 8.24. The highest BCUT2D eigenvalue weighted by Gasteiger charge is 2.47. The fraction of sp³-hybridized carbons (Fsp3) is 0.611. The van der Waals surface area contributed by atoms with Crippen LogP contribution in [0.15, 0.2) is 28.1 Å². The van der Waals surface area contributed by atoms with Crippen molar-refractivity contribution in [2.45, 2.75) is 50.4 Å². The second-order valence-electron chi connectivity index (χ2n) is 7.26. The summed E-state index contributed by atoms with van der Waals surface area (Å²) in [5.41, 5.74) is 0.827. The van der Waals surface area contributed by atoms with E-state index in [9.17, 15) is 13.2 Å². The van der Waals surface area contributed by atoms with Crippen molar-refractivity contribution in [3.8, 4) is 0 Å². The zero-order valence-corrected chi connectivity index (χ0v) is 15.4.